The Morgan fingerprint density at radius 3 is 2.67 bits per heavy atom. The molecular formula is C7H8N2O3. The lowest BCUT2D eigenvalue weighted by Crippen LogP contribution is -2.33. The molecule has 1 aromatic heterocycles. The van der Waals surface area contributed by atoms with Gasteiger partial charge in [-0.15, -0.1) is 0 Å². The Bertz CT molecular complexity index is 336. The van der Waals surface area contributed by atoms with E-state index >= 15 is 0 Å². The van der Waals surface area contributed by atoms with E-state index in [1.54, 1.807) is 6.92 Å². The van der Waals surface area contributed by atoms with Gasteiger partial charge >= 0.3 is 5.97 Å². The Labute approximate surface area is 68.9 Å². The number of aromatic nitrogens is 2. The van der Waals surface area contributed by atoms with Gasteiger partial charge in [0.1, 0.15) is 11.3 Å². The van der Waals surface area contributed by atoms with Gasteiger partial charge in [0.2, 0.25) is 0 Å². The summed E-state index contributed by atoms with van der Waals surface area (Å²) in [6.45, 7) is 3.00. The van der Waals surface area contributed by atoms with E-state index in [9.17, 15) is 10.0 Å². The second kappa shape index (κ2) is 2.77. The summed E-state index contributed by atoms with van der Waals surface area (Å²) in [5.74, 6) is -1.12. The number of nitrogens with zero attached hydrogens (tertiary/aromatic N) is 2. The topological polar surface area (TPSA) is 77.1 Å². The van der Waals surface area contributed by atoms with Crippen molar-refractivity contribution in [2.75, 3.05) is 0 Å². The van der Waals surface area contributed by atoms with Crippen molar-refractivity contribution in [3.05, 3.63) is 28.5 Å². The molecule has 12 heavy (non-hydrogen) atoms. The number of hydrogen-bond donors (Lipinski definition) is 1. The first kappa shape index (κ1) is 8.45. The summed E-state index contributed by atoms with van der Waals surface area (Å²) in [6, 6.07) is 0. The number of aryl methyl sites for hydroxylation is 1. The molecule has 64 valence electrons. The van der Waals surface area contributed by atoms with Crippen LogP contribution in [0.5, 0.6) is 0 Å². The van der Waals surface area contributed by atoms with Crippen molar-refractivity contribution in [2.24, 2.45) is 0 Å². The summed E-state index contributed by atoms with van der Waals surface area (Å²) in [6.07, 6.45) is 1.05. The Morgan fingerprint density at radius 2 is 2.25 bits per heavy atom. The van der Waals surface area contributed by atoms with Crippen LogP contribution in [0, 0.1) is 19.1 Å². The molecule has 1 N–H and O–H groups in total. The molecule has 0 saturated carbocycles. The monoisotopic (exact) mass is 168 g/mol. The molecule has 0 aliphatic rings. The maximum absolute atomic E-state index is 10.9. The highest BCUT2D eigenvalue weighted by molar-refractivity contribution is 5.89. The Morgan fingerprint density at radius 1 is 1.67 bits per heavy atom. The molecule has 0 aliphatic carbocycles. The lowest BCUT2D eigenvalue weighted by Gasteiger charge is -2.06. The average molecular weight is 168 g/mol. The maximum Gasteiger partial charge on any atom is 0.343 e. The van der Waals surface area contributed by atoms with Gasteiger partial charge in [-0.1, -0.05) is 4.98 Å². The van der Waals surface area contributed by atoms with E-state index in [2.05, 4.69) is 4.98 Å². The van der Waals surface area contributed by atoms with Crippen LogP contribution in [0.3, 0.4) is 0 Å². The van der Waals surface area contributed by atoms with E-state index in [0.29, 0.717) is 10.4 Å². The van der Waals surface area contributed by atoms with Crippen LogP contribution in [0.2, 0.25) is 0 Å². The molecule has 5 nitrogen and oxygen atoms in total. The third kappa shape index (κ3) is 1.20. The van der Waals surface area contributed by atoms with Gasteiger partial charge in [-0.25, -0.2) is 9.52 Å². The largest absolute Gasteiger partial charge is 0.711 e. The summed E-state index contributed by atoms with van der Waals surface area (Å²) in [5, 5.41) is 19.6. The average Bonchev–Trinajstić information content (AvgIpc) is 1.97. The molecule has 0 unspecified atom stereocenters. The minimum absolute atomic E-state index is 0.0208. The van der Waals surface area contributed by atoms with Crippen LogP contribution < -0.4 is 4.73 Å². The van der Waals surface area contributed by atoms with Gasteiger partial charge in [-0.3, -0.25) is 0 Å². The van der Waals surface area contributed by atoms with Crippen molar-refractivity contribution >= 4 is 5.97 Å². The number of carbonyl (C=O) groups is 1. The smallest absolute Gasteiger partial charge is 0.343 e. The first-order chi connectivity index (χ1) is 5.54. The molecule has 0 saturated heterocycles. The third-order valence-corrected chi connectivity index (χ3v) is 1.62. The summed E-state index contributed by atoms with van der Waals surface area (Å²) >= 11 is 0. The van der Waals surface area contributed by atoms with Crippen LogP contribution in [0.1, 0.15) is 21.7 Å². The Kier molecular flexibility index (Phi) is 1.95. The number of aromatic carboxylic acids is 1. The minimum atomic E-state index is -1.12. The highest BCUT2D eigenvalue weighted by atomic mass is 16.5. The van der Waals surface area contributed by atoms with Crippen LogP contribution in [0.15, 0.2) is 6.33 Å². The van der Waals surface area contributed by atoms with Crippen molar-refractivity contribution in [3.63, 3.8) is 0 Å². The van der Waals surface area contributed by atoms with Gasteiger partial charge in [0.05, 0.1) is 0 Å². The number of carboxylic acids is 1. The lowest BCUT2D eigenvalue weighted by molar-refractivity contribution is -0.615. The number of rotatable bonds is 1. The van der Waals surface area contributed by atoms with Gasteiger partial charge in [-0.2, -0.15) is 0 Å². The van der Waals surface area contributed by atoms with E-state index < -0.39 is 5.97 Å². The number of carboxylic acid groups (broad SMARTS) is 1. The Hall–Kier alpha value is -1.65. The van der Waals surface area contributed by atoms with Gasteiger partial charge in [0.25, 0.3) is 6.33 Å². The predicted octanol–water partition coefficient (Wildman–Crippen LogP) is 0.0300. The van der Waals surface area contributed by atoms with Crippen LogP contribution in [-0.4, -0.2) is 16.1 Å². The van der Waals surface area contributed by atoms with Crippen molar-refractivity contribution < 1.29 is 14.6 Å². The van der Waals surface area contributed by atoms with E-state index in [4.69, 9.17) is 5.11 Å². The predicted molar refractivity (Wildman–Crippen MR) is 39.6 cm³/mol. The number of hydrogen-bond acceptors (Lipinski definition) is 3. The minimum Gasteiger partial charge on any atom is -0.711 e. The standard InChI is InChI=1S/C7H8N2O3/c1-4-6(7(10)11)5(2)9(12)3-8-4/h3H,1-2H3,(H,10,11). The second-order valence-corrected chi connectivity index (χ2v) is 2.42. The highest BCUT2D eigenvalue weighted by Crippen LogP contribution is 2.05. The third-order valence-electron chi connectivity index (χ3n) is 1.62. The van der Waals surface area contributed by atoms with Crippen LogP contribution in [0.4, 0.5) is 0 Å². The molecule has 0 amide bonds. The van der Waals surface area contributed by atoms with Crippen molar-refractivity contribution in [1.82, 2.24) is 4.98 Å². The lowest BCUT2D eigenvalue weighted by atomic mass is 10.2. The fourth-order valence-corrected chi connectivity index (χ4v) is 0.972. The molecule has 0 aromatic carbocycles. The zero-order valence-corrected chi connectivity index (χ0v) is 6.74. The van der Waals surface area contributed by atoms with E-state index in [0.717, 1.165) is 6.33 Å². The maximum atomic E-state index is 10.9. The van der Waals surface area contributed by atoms with Gasteiger partial charge in [0, 0.05) is 6.92 Å². The van der Waals surface area contributed by atoms with E-state index in [1.165, 1.54) is 6.92 Å². The first-order valence-corrected chi connectivity index (χ1v) is 3.32. The fraction of sp³-hybridized carbons (Fsp3) is 0.286. The van der Waals surface area contributed by atoms with E-state index in [1.807, 2.05) is 0 Å². The van der Waals surface area contributed by atoms with Gasteiger partial charge < -0.3 is 10.3 Å². The molecular weight excluding hydrogens is 160 g/mol. The van der Waals surface area contributed by atoms with Crippen molar-refractivity contribution in [1.29, 1.82) is 0 Å². The van der Waals surface area contributed by atoms with Crippen LogP contribution in [-0.2, 0) is 0 Å². The Balaban J connectivity index is 3.43. The molecule has 0 atom stereocenters. The van der Waals surface area contributed by atoms with Crippen LogP contribution in [0.25, 0.3) is 0 Å². The van der Waals surface area contributed by atoms with Gasteiger partial charge in [0.15, 0.2) is 5.69 Å². The molecule has 0 fully saturated rings. The second-order valence-electron chi connectivity index (χ2n) is 2.42. The molecule has 0 aliphatic heterocycles. The van der Waals surface area contributed by atoms with Crippen molar-refractivity contribution in [2.45, 2.75) is 13.8 Å². The molecule has 0 spiro atoms. The van der Waals surface area contributed by atoms with Crippen LogP contribution >= 0.6 is 0 Å². The highest BCUT2D eigenvalue weighted by Gasteiger charge is 2.18. The first-order valence-electron chi connectivity index (χ1n) is 3.32. The summed E-state index contributed by atoms with van der Waals surface area (Å²) in [7, 11) is 0. The quantitative estimate of drug-likeness (QED) is 0.474. The molecule has 0 bridgehead atoms. The fourth-order valence-electron chi connectivity index (χ4n) is 0.972. The van der Waals surface area contributed by atoms with Crippen molar-refractivity contribution in [3.8, 4) is 0 Å². The molecule has 1 aromatic rings. The van der Waals surface area contributed by atoms with Gasteiger partial charge in [-0.05, 0) is 6.92 Å². The summed E-state index contributed by atoms with van der Waals surface area (Å²) in [4.78, 5) is 14.2. The SMILES string of the molecule is Cc1nc[n+]([O-])c(C)c1C(=O)O. The zero-order chi connectivity index (χ0) is 9.30. The molecule has 1 rings (SSSR count). The summed E-state index contributed by atoms with van der Waals surface area (Å²) < 4.78 is 0.441. The molecule has 5 heteroatoms. The zero-order valence-electron chi connectivity index (χ0n) is 6.74. The molecule has 1 heterocycles. The molecule has 0 radical (unpaired) electrons. The summed E-state index contributed by atoms with van der Waals surface area (Å²) in [5.41, 5.74) is 0.495. The van der Waals surface area contributed by atoms with E-state index in [-0.39, 0.29) is 11.3 Å². The normalized spacial score (nSPS) is 9.83.